The van der Waals surface area contributed by atoms with E-state index in [1.54, 1.807) is 0 Å². The molecule has 0 bridgehead atoms. The summed E-state index contributed by atoms with van der Waals surface area (Å²) in [5.41, 5.74) is 24.9. The van der Waals surface area contributed by atoms with Gasteiger partial charge in [-0.2, -0.15) is 0 Å². The van der Waals surface area contributed by atoms with Gasteiger partial charge >= 0.3 is 0 Å². The van der Waals surface area contributed by atoms with E-state index in [1.165, 1.54) is 11.1 Å². The Morgan fingerprint density at radius 2 is 0.775 bits per heavy atom. The molecule has 0 amide bonds. The summed E-state index contributed by atoms with van der Waals surface area (Å²) in [5, 5.41) is 0. The third-order valence-electron chi connectivity index (χ3n) is 7.74. The number of hydrogen-bond acceptors (Lipinski definition) is 4. The summed E-state index contributed by atoms with van der Waals surface area (Å²) in [5.74, 6) is 0. The number of rotatable bonds is 2. The predicted molar refractivity (Wildman–Crippen MR) is 178 cm³/mol. The molecule has 4 nitrogen and oxygen atoms in total. The summed E-state index contributed by atoms with van der Waals surface area (Å²) < 4.78 is 0. The lowest BCUT2D eigenvalue weighted by atomic mass is 9.79. The number of nitrogens with two attached hydrogens (primary N) is 2. The summed E-state index contributed by atoms with van der Waals surface area (Å²) in [6, 6.07) is 8.76. The first-order valence-electron chi connectivity index (χ1n) is 14.4. The van der Waals surface area contributed by atoms with Crippen LogP contribution in [0.25, 0.3) is 0 Å². The number of anilines is 2. The minimum Gasteiger partial charge on any atom is -0.397 e. The van der Waals surface area contributed by atoms with E-state index in [2.05, 4.69) is 133 Å². The van der Waals surface area contributed by atoms with Crippen molar-refractivity contribution in [3.63, 3.8) is 0 Å². The molecule has 4 N–H and O–H groups in total. The molecule has 0 aromatic heterocycles. The van der Waals surface area contributed by atoms with Gasteiger partial charge in [0.05, 0.1) is 34.2 Å². The van der Waals surface area contributed by atoms with Crippen molar-refractivity contribution >= 4 is 34.2 Å². The Labute approximate surface area is 243 Å². The summed E-state index contributed by atoms with van der Waals surface area (Å²) in [6.45, 7) is 30.8. The van der Waals surface area contributed by atoms with E-state index in [-0.39, 0.29) is 21.7 Å². The summed E-state index contributed by atoms with van der Waals surface area (Å²) in [6.07, 6.45) is 4.23. The highest BCUT2D eigenvalue weighted by atomic mass is 14.9. The second-order valence-electron chi connectivity index (χ2n) is 15.6. The molecule has 0 fully saturated rings. The van der Waals surface area contributed by atoms with Crippen LogP contribution in [-0.2, 0) is 21.7 Å². The summed E-state index contributed by atoms with van der Waals surface area (Å²) in [7, 11) is 0. The quantitative estimate of drug-likeness (QED) is 0.294. The molecule has 0 saturated heterocycles. The molecule has 3 rings (SSSR count). The van der Waals surface area contributed by atoms with Crippen LogP contribution in [0.3, 0.4) is 0 Å². The minimum atomic E-state index is -0.114. The average molecular weight is 541 g/mol. The largest absolute Gasteiger partial charge is 0.397 e. The number of hydrogen-bond donors (Lipinski definition) is 2. The minimum absolute atomic E-state index is 0.0421. The van der Waals surface area contributed by atoms with E-state index in [0.717, 1.165) is 45.1 Å². The molecule has 216 valence electrons. The SMILES string of the molecule is CC1=CC(=Nc2cc(C(C)(C)C)cc(C(C)(C)C)c2N)C(=Nc2cc(C(C)(C)C)cc(C(C)(C)C)c2N)C=C1C. The van der Waals surface area contributed by atoms with Gasteiger partial charge in [-0.05, 0) is 93.2 Å². The molecule has 4 heteroatoms. The molecule has 1 aliphatic carbocycles. The van der Waals surface area contributed by atoms with Gasteiger partial charge in [-0.25, -0.2) is 9.98 Å². The fourth-order valence-corrected chi connectivity index (χ4v) is 4.79. The lowest BCUT2D eigenvalue weighted by Crippen LogP contribution is -2.19. The standard InChI is InChI=1S/C36H52N4/c1-21-15-27(39-29-19-23(33(3,4)5)17-25(31(29)37)35(9,10)11)28(16-22(21)2)40-30-20-24(34(6,7)8)18-26(32(30)38)36(12,13)14/h15-20H,37-38H2,1-14H3. The van der Waals surface area contributed by atoms with E-state index >= 15 is 0 Å². The number of allylic oxidation sites excluding steroid dienone is 4. The van der Waals surface area contributed by atoms with Gasteiger partial charge in [0.1, 0.15) is 0 Å². The zero-order chi connectivity index (χ0) is 30.6. The second kappa shape index (κ2) is 10.4. The monoisotopic (exact) mass is 540 g/mol. The molecule has 2 aromatic rings. The Balaban J connectivity index is 2.35. The van der Waals surface area contributed by atoms with E-state index in [0.29, 0.717) is 11.4 Å². The van der Waals surface area contributed by atoms with E-state index < -0.39 is 0 Å². The van der Waals surface area contributed by atoms with Crippen LogP contribution in [0.5, 0.6) is 0 Å². The van der Waals surface area contributed by atoms with Crippen molar-refractivity contribution in [1.29, 1.82) is 0 Å². The predicted octanol–water partition coefficient (Wildman–Crippen LogP) is 9.79. The highest BCUT2D eigenvalue weighted by Gasteiger charge is 2.26. The van der Waals surface area contributed by atoms with Crippen LogP contribution in [0, 0.1) is 0 Å². The van der Waals surface area contributed by atoms with Crippen molar-refractivity contribution in [3.8, 4) is 0 Å². The van der Waals surface area contributed by atoms with Crippen LogP contribution in [0.2, 0.25) is 0 Å². The number of nitrogens with zero attached hydrogens (tertiary/aromatic N) is 2. The first-order chi connectivity index (χ1) is 18.0. The summed E-state index contributed by atoms with van der Waals surface area (Å²) >= 11 is 0. The maximum atomic E-state index is 6.82. The third-order valence-corrected chi connectivity index (χ3v) is 7.74. The highest BCUT2D eigenvalue weighted by molar-refractivity contribution is 6.52. The summed E-state index contributed by atoms with van der Waals surface area (Å²) in [4.78, 5) is 10.4. The van der Waals surface area contributed by atoms with Gasteiger partial charge in [0.25, 0.3) is 0 Å². The Morgan fingerprint density at radius 3 is 1.02 bits per heavy atom. The van der Waals surface area contributed by atoms with Crippen LogP contribution in [0.1, 0.15) is 119 Å². The van der Waals surface area contributed by atoms with Crippen LogP contribution in [0.15, 0.2) is 57.5 Å². The van der Waals surface area contributed by atoms with Crippen LogP contribution in [-0.4, -0.2) is 11.4 Å². The fourth-order valence-electron chi connectivity index (χ4n) is 4.79. The van der Waals surface area contributed by atoms with Crippen molar-refractivity contribution < 1.29 is 0 Å². The maximum Gasteiger partial charge on any atom is 0.0897 e. The van der Waals surface area contributed by atoms with Crippen LogP contribution < -0.4 is 11.5 Å². The fraction of sp³-hybridized carbons (Fsp3) is 0.500. The Kier molecular flexibility index (Phi) is 8.13. The van der Waals surface area contributed by atoms with E-state index in [1.807, 2.05) is 0 Å². The molecular formula is C36H52N4. The van der Waals surface area contributed by atoms with Crippen molar-refractivity contribution in [2.75, 3.05) is 11.5 Å². The maximum absolute atomic E-state index is 6.82. The van der Waals surface area contributed by atoms with Gasteiger partial charge in [0, 0.05) is 0 Å². The third kappa shape index (κ3) is 6.77. The van der Waals surface area contributed by atoms with Crippen LogP contribution >= 0.6 is 0 Å². The Bertz CT molecular complexity index is 1320. The zero-order valence-corrected chi connectivity index (χ0v) is 27.5. The zero-order valence-electron chi connectivity index (χ0n) is 27.5. The van der Waals surface area contributed by atoms with Crippen molar-refractivity contribution in [2.24, 2.45) is 9.98 Å². The Hall–Kier alpha value is -3.14. The van der Waals surface area contributed by atoms with Gasteiger partial charge in [-0.1, -0.05) is 95.2 Å². The van der Waals surface area contributed by atoms with Gasteiger partial charge in [-0.3, -0.25) is 0 Å². The average Bonchev–Trinajstić information content (AvgIpc) is 2.76. The molecule has 0 saturated carbocycles. The lowest BCUT2D eigenvalue weighted by molar-refractivity contribution is 0.570. The lowest BCUT2D eigenvalue weighted by Gasteiger charge is -2.28. The van der Waals surface area contributed by atoms with Gasteiger partial charge < -0.3 is 11.5 Å². The Morgan fingerprint density at radius 1 is 0.475 bits per heavy atom. The first-order valence-corrected chi connectivity index (χ1v) is 14.4. The van der Waals surface area contributed by atoms with Gasteiger partial charge in [0.15, 0.2) is 0 Å². The number of benzene rings is 2. The molecule has 1 aliphatic rings. The molecule has 0 radical (unpaired) electrons. The van der Waals surface area contributed by atoms with Gasteiger partial charge in [-0.15, -0.1) is 0 Å². The molecule has 0 aliphatic heterocycles. The topological polar surface area (TPSA) is 76.8 Å². The first kappa shape index (κ1) is 31.4. The molecule has 40 heavy (non-hydrogen) atoms. The highest BCUT2D eigenvalue weighted by Crippen LogP contribution is 2.41. The molecule has 0 atom stereocenters. The van der Waals surface area contributed by atoms with Crippen LogP contribution in [0.4, 0.5) is 22.7 Å². The van der Waals surface area contributed by atoms with Crippen molar-refractivity contribution in [2.45, 2.75) is 119 Å². The van der Waals surface area contributed by atoms with Crippen molar-refractivity contribution in [1.82, 2.24) is 0 Å². The normalized spacial score (nSPS) is 17.4. The molecule has 0 spiro atoms. The molecule has 2 aromatic carbocycles. The molecular weight excluding hydrogens is 488 g/mol. The smallest absolute Gasteiger partial charge is 0.0897 e. The molecule has 0 heterocycles. The second-order valence-corrected chi connectivity index (χ2v) is 15.6. The molecule has 0 unspecified atom stereocenters. The number of aliphatic imine (C=N–C) groups is 2. The number of nitrogen functional groups attached to an aromatic ring is 2. The van der Waals surface area contributed by atoms with E-state index in [4.69, 9.17) is 21.5 Å². The van der Waals surface area contributed by atoms with Crippen molar-refractivity contribution in [3.05, 3.63) is 69.8 Å². The van der Waals surface area contributed by atoms with E-state index in [9.17, 15) is 0 Å². The van der Waals surface area contributed by atoms with Gasteiger partial charge in [0.2, 0.25) is 0 Å².